The van der Waals surface area contributed by atoms with Crippen LogP contribution in [-0.4, -0.2) is 17.1 Å². The molecule has 9 heteroatoms. The number of fused-ring (bicyclic) bond motifs is 1. The van der Waals surface area contributed by atoms with Gasteiger partial charge in [-0.05, 0) is 24.3 Å². The molecule has 0 aliphatic rings. The minimum atomic E-state index is -4.61. The molecule has 0 aliphatic carbocycles. The fourth-order valence-corrected chi connectivity index (χ4v) is 1.93. The topological polar surface area (TPSA) is 89.9 Å². The molecular formula is C13H12ClF3N4O. The monoisotopic (exact) mass is 332 g/mol. The van der Waals surface area contributed by atoms with E-state index in [1.807, 2.05) is 0 Å². The number of ether oxygens (including phenoxy) is 1. The number of rotatable bonds is 3. The lowest BCUT2D eigenvalue weighted by Gasteiger charge is -2.05. The van der Waals surface area contributed by atoms with Crippen LogP contribution < -0.4 is 16.2 Å². The maximum atomic E-state index is 12.8. The van der Waals surface area contributed by atoms with Crippen molar-refractivity contribution in [3.05, 3.63) is 40.8 Å². The molecule has 5 nitrogen and oxygen atoms in total. The Balaban J connectivity index is 2.69. The summed E-state index contributed by atoms with van der Waals surface area (Å²) in [6, 6.07) is 3.00. The van der Waals surface area contributed by atoms with Gasteiger partial charge in [0.05, 0.1) is 12.3 Å². The number of alkyl halides is 3. The molecule has 0 spiro atoms. The zero-order valence-corrected chi connectivity index (χ0v) is 12.1. The first-order chi connectivity index (χ1) is 10.2. The quantitative estimate of drug-likeness (QED) is 0.595. The highest BCUT2D eigenvalue weighted by Crippen LogP contribution is 2.34. The Morgan fingerprint density at radius 1 is 1.32 bits per heavy atom. The summed E-state index contributed by atoms with van der Waals surface area (Å²) >= 11 is 5.49. The number of hydrogen-bond acceptors (Lipinski definition) is 4. The van der Waals surface area contributed by atoms with Crippen molar-refractivity contribution in [2.24, 2.45) is 11.5 Å². The smallest absolute Gasteiger partial charge is 0.449 e. The van der Waals surface area contributed by atoms with E-state index in [1.54, 1.807) is 0 Å². The fraction of sp³-hybridized carbons (Fsp3) is 0.154. The zero-order chi connectivity index (χ0) is 16.5. The molecule has 1 aromatic heterocycles. The van der Waals surface area contributed by atoms with Gasteiger partial charge < -0.3 is 21.2 Å². The molecule has 0 amide bonds. The van der Waals surface area contributed by atoms with E-state index in [0.717, 1.165) is 0 Å². The molecule has 0 unspecified atom stereocenters. The number of imidazole rings is 1. The lowest BCUT2D eigenvalue weighted by atomic mass is 10.1. The van der Waals surface area contributed by atoms with Crippen molar-refractivity contribution in [3.63, 3.8) is 0 Å². The van der Waals surface area contributed by atoms with Crippen LogP contribution in [0.5, 0.6) is 5.75 Å². The van der Waals surface area contributed by atoms with Crippen molar-refractivity contribution in [1.82, 2.24) is 9.97 Å². The largest absolute Gasteiger partial charge is 0.494 e. The molecular weight excluding hydrogens is 321 g/mol. The molecule has 0 radical (unpaired) electrons. The van der Waals surface area contributed by atoms with Gasteiger partial charge in [-0.15, -0.1) is 0 Å². The SMILES string of the molecule is COc1ccc(/C(N)=C/C=C(\N)Cl)c2nc(C(F)(F)F)[nH]c12. The highest BCUT2D eigenvalue weighted by molar-refractivity contribution is 6.29. The Hall–Kier alpha value is -2.35. The summed E-state index contributed by atoms with van der Waals surface area (Å²) in [5.74, 6) is -0.907. The van der Waals surface area contributed by atoms with Crippen molar-refractivity contribution in [1.29, 1.82) is 0 Å². The van der Waals surface area contributed by atoms with Gasteiger partial charge in [0.2, 0.25) is 5.82 Å². The van der Waals surface area contributed by atoms with Gasteiger partial charge in [-0.25, -0.2) is 4.98 Å². The highest BCUT2D eigenvalue weighted by Gasteiger charge is 2.35. The van der Waals surface area contributed by atoms with Crippen LogP contribution in [0.3, 0.4) is 0 Å². The highest BCUT2D eigenvalue weighted by atomic mass is 35.5. The van der Waals surface area contributed by atoms with E-state index in [9.17, 15) is 13.2 Å². The summed E-state index contributed by atoms with van der Waals surface area (Å²) in [5.41, 5.74) is 11.7. The number of methoxy groups -OCH3 is 1. The molecule has 2 aromatic rings. The lowest BCUT2D eigenvalue weighted by Crippen LogP contribution is -2.07. The maximum Gasteiger partial charge on any atom is 0.449 e. The predicted octanol–water partition coefficient (Wildman–Crippen LogP) is 2.93. The molecule has 0 aliphatic heterocycles. The molecule has 0 saturated carbocycles. The number of aromatic nitrogens is 2. The molecule has 1 aromatic carbocycles. The number of nitrogens with zero attached hydrogens (tertiary/aromatic N) is 1. The molecule has 118 valence electrons. The second-order valence-electron chi connectivity index (χ2n) is 4.30. The first-order valence-corrected chi connectivity index (χ1v) is 6.34. The summed E-state index contributed by atoms with van der Waals surface area (Å²) in [6.45, 7) is 0. The van der Waals surface area contributed by atoms with E-state index in [0.29, 0.717) is 5.56 Å². The summed E-state index contributed by atoms with van der Waals surface area (Å²) in [5, 5.41) is -0.00860. The molecule has 22 heavy (non-hydrogen) atoms. The van der Waals surface area contributed by atoms with E-state index < -0.39 is 12.0 Å². The molecule has 0 saturated heterocycles. The second kappa shape index (κ2) is 5.80. The normalized spacial score (nSPS) is 13.7. The summed E-state index contributed by atoms with van der Waals surface area (Å²) in [6.07, 6.45) is -1.91. The third kappa shape index (κ3) is 3.11. The number of halogens is 4. The Kier molecular flexibility index (Phi) is 4.23. The average molecular weight is 333 g/mol. The first kappa shape index (κ1) is 16.0. The van der Waals surface area contributed by atoms with Crippen LogP contribution >= 0.6 is 11.6 Å². The van der Waals surface area contributed by atoms with Crippen molar-refractivity contribution in [2.45, 2.75) is 6.18 Å². The van der Waals surface area contributed by atoms with Crippen LogP contribution in [-0.2, 0) is 6.18 Å². The van der Waals surface area contributed by atoms with Gasteiger partial charge in [-0.2, -0.15) is 13.2 Å². The summed E-state index contributed by atoms with van der Waals surface area (Å²) in [7, 11) is 1.35. The van der Waals surface area contributed by atoms with Crippen LogP contribution in [0.25, 0.3) is 16.7 Å². The number of benzene rings is 1. The lowest BCUT2D eigenvalue weighted by molar-refractivity contribution is -0.144. The zero-order valence-electron chi connectivity index (χ0n) is 11.3. The Bertz CT molecular complexity index is 760. The Labute approximate surface area is 128 Å². The molecule has 0 bridgehead atoms. The summed E-state index contributed by atoms with van der Waals surface area (Å²) in [4.78, 5) is 5.78. The van der Waals surface area contributed by atoms with Crippen molar-refractivity contribution < 1.29 is 17.9 Å². The Morgan fingerprint density at radius 3 is 2.55 bits per heavy atom. The number of nitrogens with one attached hydrogen (secondary N) is 1. The van der Waals surface area contributed by atoms with Gasteiger partial charge in [0.15, 0.2) is 0 Å². The fourth-order valence-electron chi connectivity index (χ4n) is 1.86. The van der Waals surface area contributed by atoms with E-state index in [-0.39, 0.29) is 27.6 Å². The number of H-pyrrole nitrogens is 1. The third-order valence-corrected chi connectivity index (χ3v) is 2.95. The van der Waals surface area contributed by atoms with Gasteiger partial charge in [0, 0.05) is 11.3 Å². The van der Waals surface area contributed by atoms with Crippen LogP contribution in [0.1, 0.15) is 11.4 Å². The van der Waals surface area contributed by atoms with Gasteiger partial charge in [-0.1, -0.05) is 11.6 Å². The van der Waals surface area contributed by atoms with E-state index in [4.69, 9.17) is 27.8 Å². The number of allylic oxidation sites excluding steroid dienone is 2. The number of nitrogens with two attached hydrogens (primary N) is 2. The van der Waals surface area contributed by atoms with Crippen molar-refractivity contribution in [3.8, 4) is 5.75 Å². The van der Waals surface area contributed by atoms with Crippen LogP contribution in [0, 0.1) is 0 Å². The second-order valence-corrected chi connectivity index (χ2v) is 4.73. The predicted molar refractivity (Wildman–Crippen MR) is 77.9 cm³/mol. The third-order valence-electron chi connectivity index (χ3n) is 2.83. The van der Waals surface area contributed by atoms with Crippen LogP contribution in [0.2, 0.25) is 0 Å². The van der Waals surface area contributed by atoms with Crippen LogP contribution in [0.4, 0.5) is 13.2 Å². The Morgan fingerprint density at radius 2 is 2.00 bits per heavy atom. The molecule has 1 heterocycles. The molecule has 2 rings (SSSR count). The van der Waals surface area contributed by atoms with Gasteiger partial charge in [0.1, 0.15) is 16.8 Å². The van der Waals surface area contributed by atoms with E-state index >= 15 is 0 Å². The van der Waals surface area contributed by atoms with Crippen LogP contribution in [0.15, 0.2) is 29.4 Å². The number of hydrogen-bond donors (Lipinski definition) is 3. The maximum absolute atomic E-state index is 12.8. The van der Waals surface area contributed by atoms with Gasteiger partial charge >= 0.3 is 6.18 Å². The standard InChI is InChI=1S/C13H12ClF3N4O/c1-22-8-4-2-6(7(18)3-5-9(14)19)10-11(8)21-12(20-10)13(15,16)17/h2-5H,18-19H2,1H3,(H,20,21)/b7-3-,9-5-. The minimum Gasteiger partial charge on any atom is -0.494 e. The molecule has 5 N–H and O–H groups in total. The van der Waals surface area contributed by atoms with Crippen molar-refractivity contribution >= 4 is 28.3 Å². The summed E-state index contributed by atoms with van der Waals surface area (Å²) < 4.78 is 43.5. The van der Waals surface area contributed by atoms with E-state index in [1.165, 1.54) is 31.4 Å². The first-order valence-electron chi connectivity index (χ1n) is 5.96. The van der Waals surface area contributed by atoms with Crippen molar-refractivity contribution in [2.75, 3.05) is 7.11 Å². The minimum absolute atomic E-state index is 0.00860. The average Bonchev–Trinajstić information content (AvgIpc) is 2.88. The molecule has 0 fully saturated rings. The van der Waals surface area contributed by atoms with E-state index in [2.05, 4.69) is 9.97 Å². The van der Waals surface area contributed by atoms with Gasteiger partial charge in [-0.3, -0.25) is 0 Å². The number of aromatic amines is 1. The molecule has 0 atom stereocenters. The van der Waals surface area contributed by atoms with Gasteiger partial charge in [0.25, 0.3) is 0 Å².